The number of aryl methyl sites for hydroxylation is 1. The summed E-state index contributed by atoms with van der Waals surface area (Å²) in [5, 5.41) is 9.90. The molecule has 0 fully saturated rings. The molecule has 0 spiro atoms. The number of hydrogen-bond donors (Lipinski definition) is 0. The Bertz CT molecular complexity index is 1140. The minimum atomic E-state index is -4.44. The molecule has 0 amide bonds. The topological polar surface area (TPSA) is 35.0 Å². The average molecular weight is 380 g/mol. The van der Waals surface area contributed by atoms with Crippen molar-refractivity contribution in [3.63, 3.8) is 0 Å². The molecule has 0 bridgehead atoms. The summed E-state index contributed by atoms with van der Waals surface area (Å²) in [6.07, 6.45) is -4.44. The summed E-state index contributed by atoms with van der Waals surface area (Å²) in [5.41, 5.74) is 1.94. The van der Waals surface area contributed by atoms with E-state index < -0.39 is 11.7 Å². The van der Waals surface area contributed by atoms with Gasteiger partial charge in [-0.1, -0.05) is 54.1 Å². The maximum atomic E-state index is 12.9. The molecule has 0 aliphatic heterocycles. The van der Waals surface area contributed by atoms with Crippen molar-refractivity contribution >= 4 is 10.8 Å². The number of rotatable bonds is 3. The summed E-state index contributed by atoms with van der Waals surface area (Å²) in [7, 11) is 0. The van der Waals surface area contributed by atoms with E-state index in [1.54, 1.807) is 0 Å². The number of ether oxygens (including phenoxy) is 1. The molecule has 0 unspecified atom stereocenters. The van der Waals surface area contributed by atoms with Crippen molar-refractivity contribution < 1.29 is 17.9 Å². The van der Waals surface area contributed by atoms with Gasteiger partial charge in [0.1, 0.15) is 11.4 Å². The van der Waals surface area contributed by atoms with Crippen LogP contribution in [0.5, 0.6) is 11.6 Å². The van der Waals surface area contributed by atoms with Gasteiger partial charge in [-0.15, -0.1) is 10.2 Å². The van der Waals surface area contributed by atoms with Gasteiger partial charge in [0.05, 0.1) is 5.56 Å². The fourth-order valence-corrected chi connectivity index (χ4v) is 2.93. The third kappa shape index (κ3) is 3.53. The molecule has 1 aromatic heterocycles. The maximum absolute atomic E-state index is 12.9. The van der Waals surface area contributed by atoms with Crippen molar-refractivity contribution in [2.75, 3.05) is 0 Å². The number of halogens is 3. The van der Waals surface area contributed by atoms with Gasteiger partial charge in [-0.05, 0) is 31.2 Å². The van der Waals surface area contributed by atoms with Gasteiger partial charge < -0.3 is 4.74 Å². The Morgan fingerprint density at radius 1 is 0.786 bits per heavy atom. The van der Waals surface area contributed by atoms with Crippen LogP contribution in [-0.4, -0.2) is 10.2 Å². The van der Waals surface area contributed by atoms with Crippen LogP contribution in [0.1, 0.15) is 11.1 Å². The molecule has 1 heterocycles. The van der Waals surface area contributed by atoms with Gasteiger partial charge in [-0.3, -0.25) is 0 Å². The molecule has 0 aliphatic carbocycles. The van der Waals surface area contributed by atoms with E-state index in [1.165, 1.54) is 12.1 Å². The van der Waals surface area contributed by atoms with Gasteiger partial charge in [0, 0.05) is 16.3 Å². The molecule has 0 N–H and O–H groups in total. The molecule has 0 atom stereocenters. The smallest absolute Gasteiger partial charge is 0.416 e. The molecular weight excluding hydrogens is 365 g/mol. The third-order valence-corrected chi connectivity index (χ3v) is 4.35. The van der Waals surface area contributed by atoms with E-state index in [2.05, 4.69) is 10.2 Å². The Morgan fingerprint density at radius 3 is 2.21 bits per heavy atom. The third-order valence-electron chi connectivity index (χ3n) is 4.35. The van der Waals surface area contributed by atoms with Crippen LogP contribution in [0.2, 0.25) is 0 Å². The first kappa shape index (κ1) is 18.0. The molecule has 0 aliphatic rings. The number of fused-ring (bicyclic) bond motifs is 1. The van der Waals surface area contributed by atoms with Crippen molar-refractivity contribution in [1.29, 1.82) is 0 Å². The van der Waals surface area contributed by atoms with Crippen molar-refractivity contribution in [2.45, 2.75) is 13.1 Å². The predicted octanol–water partition coefficient (Wildman–Crippen LogP) is 6.42. The number of alkyl halides is 3. The Hall–Kier alpha value is -3.41. The zero-order valence-corrected chi connectivity index (χ0v) is 14.9. The second-order valence-electron chi connectivity index (χ2n) is 6.39. The second-order valence-corrected chi connectivity index (χ2v) is 6.39. The molecule has 4 aromatic rings. The lowest BCUT2D eigenvalue weighted by Crippen LogP contribution is -2.04. The van der Waals surface area contributed by atoms with Crippen LogP contribution in [0.4, 0.5) is 13.2 Å². The SMILES string of the molecule is Cc1ccc(-c2nnc(Oc3cccc(C(F)(F)F)c3)c3ccccc23)cc1. The summed E-state index contributed by atoms with van der Waals surface area (Å²) in [5.74, 6) is 0.211. The van der Waals surface area contributed by atoms with Crippen LogP contribution in [-0.2, 0) is 6.18 Å². The lowest BCUT2D eigenvalue weighted by molar-refractivity contribution is -0.137. The summed E-state index contributed by atoms with van der Waals surface area (Å²) in [6, 6.07) is 20.0. The van der Waals surface area contributed by atoms with Gasteiger partial charge in [0.25, 0.3) is 0 Å². The molecule has 0 saturated carbocycles. The summed E-state index contributed by atoms with van der Waals surface area (Å²) >= 11 is 0. The average Bonchev–Trinajstić information content (AvgIpc) is 2.69. The molecule has 0 saturated heterocycles. The summed E-state index contributed by atoms with van der Waals surface area (Å²) in [6.45, 7) is 2.00. The maximum Gasteiger partial charge on any atom is 0.416 e. The summed E-state index contributed by atoms with van der Waals surface area (Å²) in [4.78, 5) is 0. The van der Waals surface area contributed by atoms with Gasteiger partial charge in [0.2, 0.25) is 5.88 Å². The quantitative estimate of drug-likeness (QED) is 0.412. The first-order valence-corrected chi connectivity index (χ1v) is 8.59. The van der Waals surface area contributed by atoms with Crippen molar-refractivity contribution in [1.82, 2.24) is 10.2 Å². The first-order valence-electron chi connectivity index (χ1n) is 8.59. The highest BCUT2D eigenvalue weighted by atomic mass is 19.4. The zero-order valence-electron chi connectivity index (χ0n) is 14.9. The molecular formula is C22H15F3N2O. The fourth-order valence-electron chi connectivity index (χ4n) is 2.93. The number of nitrogens with zero attached hydrogens (tertiary/aromatic N) is 2. The molecule has 4 rings (SSSR count). The lowest BCUT2D eigenvalue weighted by Gasteiger charge is -2.12. The molecule has 3 nitrogen and oxygen atoms in total. The molecule has 3 aromatic carbocycles. The van der Waals surface area contributed by atoms with E-state index in [9.17, 15) is 13.2 Å². The van der Waals surface area contributed by atoms with Crippen molar-refractivity contribution in [2.24, 2.45) is 0 Å². The number of aromatic nitrogens is 2. The Kier molecular flexibility index (Phi) is 4.47. The highest BCUT2D eigenvalue weighted by Crippen LogP contribution is 2.35. The van der Waals surface area contributed by atoms with Crippen LogP contribution >= 0.6 is 0 Å². The van der Waals surface area contributed by atoms with Crippen LogP contribution in [0.25, 0.3) is 22.0 Å². The zero-order chi connectivity index (χ0) is 19.7. The highest BCUT2D eigenvalue weighted by molar-refractivity contribution is 5.97. The monoisotopic (exact) mass is 380 g/mol. The highest BCUT2D eigenvalue weighted by Gasteiger charge is 2.30. The normalized spacial score (nSPS) is 11.6. The van der Waals surface area contributed by atoms with E-state index in [1.807, 2.05) is 55.5 Å². The van der Waals surface area contributed by atoms with E-state index in [0.717, 1.165) is 28.6 Å². The van der Waals surface area contributed by atoms with Crippen molar-refractivity contribution in [3.05, 3.63) is 83.9 Å². The minimum Gasteiger partial charge on any atom is -0.437 e. The molecule has 6 heteroatoms. The molecule has 0 radical (unpaired) electrons. The standard InChI is InChI=1S/C22H15F3N2O/c1-14-9-11-15(12-10-14)20-18-7-2-3-8-19(18)21(27-26-20)28-17-6-4-5-16(13-17)22(23,24)25/h2-13H,1H3. The van der Waals surface area contributed by atoms with E-state index in [-0.39, 0.29) is 11.6 Å². The van der Waals surface area contributed by atoms with Crippen molar-refractivity contribution in [3.8, 4) is 22.9 Å². The van der Waals surface area contributed by atoms with Crippen LogP contribution in [0, 0.1) is 6.92 Å². The lowest BCUT2D eigenvalue weighted by atomic mass is 10.0. The Labute approximate surface area is 159 Å². The summed E-state index contributed by atoms with van der Waals surface area (Å²) < 4.78 is 44.5. The van der Waals surface area contributed by atoms with E-state index in [0.29, 0.717) is 11.1 Å². The van der Waals surface area contributed by atoms with Gasteiger partial charge in [0.15, 0.2) is 0 Å². The van der Waals surface area contributed by atoms with Gasteiger partial charge in [-0.2, -0.15) is 13.2 Å². The fraction of sp³-hybridized carbons (Fsp3) is 0.0909. The number of hydrogen-bond acceptors (Lipinski definition) is 3. The van der Waals surface area contributed by atoms with Gasteiger partial charge >= 0.3 is 6.18 Å². The Balaban J connectivity index is 1.78. The van der Waals surface area contributed by atoms with Gasteiger partial charge in [-0.25, -0.2) is 0 Å². The van der Waals surface area contributed by atoms with Crippen LogP contribution in [0.15, 0.2) is 72.8 Å². The van der Waals surface area contributed by atoms with Crippen LogP contribution in [0.3, 0.4) is 0 Å². The predicted molar refractivity (Wildman–Crippen MR) is 101 cm³/mol. The number of benzene rings is 3. The Morgan fingerprint density at radius 2 is 1.50 bits per heavy atom. The van der Waals surface area contributed by atoms with Crippen LogP contribution < -0.4 is 4.74 Å². The second kappa shape index (κ2) is 6.96. The molecule has 140 valence electrons. The largest absolute Gasteiger partial charge is 0.437 e. The van der Waals surface area contributed by atoms with E-state index in [4.69, 9.17) is 4.74 Å². The van der Waals surface area contributed by atoms with E-state index >= 15 is 0 Å². The first-order chi connectivity index (χ1) is 13.4. The minimum absolute atomic E-state index is 0.0531. The molecule has 28 heavy (non-hydrogen) atoms.